The first-order valence-electron chi connectivity index (χ1n) is 8.63. The molecule has 0 unspecified atom stereocenters. The molecule has 1 aromatic heterocycles. The normalized spacial score (nSPS) is 10.4. The summed E-state index contributed by atoms with van der Waals surface area (Å²) in [6.45, 7) is 1.34. The van der Waals surface area contributed by atoms with Crippen LogP contribution in [0.3, 0.4) is 0 Å². The molecule has 7 nitrogen and oxygen atoms in total. The number of ketones is 1. The van der Waals surface area contributed by atoms with Crippen molar-refractivity contribution in [3.8, 4) is 17.2 Å². The van der Waals surface area contributed by atoms with Crippen LogP contribution in [-0.4, -0.2) is 35.2 Å². The number of nitrogens with zero attached hydrogens (tertiary/aromatic N) is 2. The van der Waals surface area contributed by atoms with Gasteiger partial charge >= 0.3 is 5.97 Å². The van der Waals surface area contributed by atoms with E-state index in [1.165, 1.54) is 14.0 Å². The van der Waals surface area contributed by atoms with Crippen molar-refractivity contribution >= 4 is 11.8 Å². The molecule has 28 heavy (non-hydrogen) atoms. The van der Waals surface area contributed by atoms with Gasteiger partial charge in [0.15, 0.2) is 23.9 Å². The minimum absolute atomic E-state index is 0.0807. The van der Waals surface area contributed by atoms with Crippen LogP contribution >= 0.6 is 0 Å². The van der Waals surface area contributed by atoms with Crippen molar-refractivity contribution in [1.82, 2.24) is 9.78 Å². The van der Waals surface area contributed by atoms with E-state index < -0.39 is 5.97 Å². The van der Waals surface area contributed by atoms with Crippen LogP contribution in [0.2, 0.25) is 0 Å². The van der Waals surface area contributed by atoms with Gasteiger partial charge in [-0.3, -0.25) is 4.79 Å². The number of methoxy groups -OCH3 is 1. The Hall–Kier alpha value is -3.61. The summed E-state index contributed by atoms with van der Waals surface area (Å²) in [7, 11) is 1.47. The number of hydrogen-bond donors (Lipinski definition) is 0. The van der Waals surface area contributed by atoms with Crippen LogP contribution in [0.25, 0.3) is 5.69 Å². The van der Waals surface area contributed by atoms with Crippen LogP contribution in [0, 0.1) is 0 Å². The zero-order valence-electron chi connectivity index (χ0n) is 15.6. The Morgan fingerprint density at radius 1 is 1.07 bits per heavy atom. The molecule has 144 valence electrons. The van der Waals surface area contributed by atoms with Gasteiger partial charge in [-0.2, -0.15) is 5.10 Å². The number of esters is 1. The Kier molecular flexibility index (Phi) is 6.06. The molecule has 7 heteroatoms. The van der Waals surface area contributed by atoms with E-state index in [2.05, 4.69) is 5.10 Å². The van der Waals surface area contributed by atoms with Gasteiger partial charge in [0.05, 0.1) is 12.8 Å². The Morgan fingerprint density at radius 2 is 1.86 bits per heavy atom. The Balaban J connectivity index is 1.51. The highest BCUT2D eigenvalue weighted by Crippen LogP contribution is 2.28. The highest BCUT2D eigenvalue weighted by atomic mass is 16.6. The van der Waals surface area contributed by atoms with Gasteiger partial charge in [-0.15, -0.1) is 0 Å². The molecule has 0 radical (unpaired) electrons. The van der Waals surface area contributed by atoms with Crippen LogP contribution in [0.1, 0.15) is 22.8 Å². The second-order valence-corrected chi connectivity index (χ2v) is 5.99. The first-order valence-corrected chi connectivity index (χ1v) is 8.63. The molecule has 0 bridgehead atoms. The molecule has 0 aliphatic rings. The van der Waals surface area contributed by atoms with E-state index in [4.69, 9.17) is 14.2 Å². The molecule has 0 atom stereocenters. The maximum absolute atomic E-state index is 12.0. The molecule has 0 saturated carbocycles. The lowest BCUT2D eigenvalue weighted by Crippen LogP contribution is -2.15. The number of carbonyl (C=O) groups excluding carboxylic acids is 2. The molecule has 0 saturated heterocycles. The lowest BCUT2D eigenvalue weighted by atomic mass is 10.1. The number of benzene rings is 2. The van der Waals surface area contributed by atoms with E-state index in [0.717, 1.165) is 11.3 Å². The third-order valence-electron chi connectivity index (χ3n) is 4.02. The summed E-state index contributed by atoms with van der Waals surface area (Å²) in [6.07, 6.45) is 3.56. The summed E-state index contributed by atoms with van der Waals surface area (Å²) in [6, 6.07) is 14.2. The second-order valence-electron chi connectivity index (χ2n) is 5.99. The molecular formula is C21H20N2O5. The lowest BCUT2D eigenvalue weighted by molar-refractivity contribution is -0.147. The van der Waals surface area contributed by atoms with E-state index >= 15 is 0 Å². The summed E-state index contributed by atoms with van der Waals surface area (Å²) < 4.78 is 17.6. The Morgan fingerprint density at radius 3 is 2.50 bits per heavy atom. The summed E-state index contributed by atoms with van der Waals surface area (Å²) in [5, 5.41) is 4.16. The molecular weight excluding hydrogens is 360 g/mol. The SMILES string of the molecule is COc1cc(C(C)=O)ccc1OCC(=O)OCc1ccc(-n2cccn2)cc1. The summed E-state index contributed by atoms with van der Waals surface area (Å²) in [5.74, 6) is 0.166. The number of Topliss-reactive ketones (excluding diaryl/α,β-unsaturated/α-hetero) is 1. The molecule has 0 aliphatic carbocycles. The van der Waals surface area contributed by atoms with Crippen molar-refractivity contribution in [3.05, 3.63) is 72.1 Å². The van der Waals surface area contributed by atoms with Gasteiger partial charge in [0.1, 0.15) is 6.61 Å². The molecule has 3 aromatic rings. The average Bonchev–Trinajstić information content (AvgIpc) is 3.25. The van der Waals surface area contributed by atoms with Gasteiger partial charge < -0.3 is 14.2 Å². The van der Waals surface area contributed by atoms with Crippen molar-refractivity contribution in [2.75, 3.05) is 13.7 Å². The predicted octanol–water partition coefficient (Wildman–Crippen LogP) is 3.21. The number of rotatable bonds is 8. The van der Waals surface area contributed by atoms with Crippen LogP contribution in [0.4, 0.5) is 0 Å². The van der Waals surface area contributed by atoms with Gasteiger partial charge in [0.2, 0.25) is 0 Å². The van der Waals surface area contributed by atoms with Crippen LogP contribution < -0.4 is 9.47 Å². The molecule has 0 aliphatic heterocycles. The molecule has 2 aromatic carbocycles. The maximum Gasteiger partial charge on any atom is 0.344 e. The average molecular weight is 380 g/mol. The van der Waals surface area contributed by atoms with E-state index in [0.29, 0.717) is 17.1 Å². The van der Waals surface area contributed by atoms with E-state index in [1.54, 1.807) is 29.1 Å². The van der Waals surface area contributed by atoms with Crippen molar-refractivity contribution < 1.29 is 23.8 Å². The zero-order chi connectivity index (χ0) is 19.9. The minimum Gasteiger partial charge on any atom is -0.493 e. The Bertz CT molecular complexity index is 949. The maximum atomic E-state index is 12.0. The smallest absolute Gasteiger partial charge is 0.344 e. The van der Waals surface area contributed by atoms with Crippen LogP contribution in [0.5, 0.6) is 11.5 Å². The van der Waals surface area contributed by atoms with Crippen molar-refractivity contribution in [2.45, 2.75) is 13.5 Å². The number of hydrogen-bond acceptors (Lipinski definition) is 6. The topological polar surface area (TPSA) is 79.6 Å². The molecule has 1 heterocycles. The first-order chi connectivity index (χ1) is 13.6. The molecule has 3 rings (SSSR count). The quantitative estimate of drug-likeness (QED) is 0.441. The summed E-state index contributed by atoms with van der Waals surface area (Å²) in [4.78, 5) is 23.4. The molecule has 0 amide bonds. The number of carbonyl (C=O) groups is 2. The van der Waals surface area contributed by atoms with Gasteiger partial charge in [-0.05, 0) is 48.9 Å². The molecule has 0 spiro atoms. The Labute approximate surface area is 162 Å². The second kappa shape index (κ2) is 8.85. The van der Waals surface area contributed by atoms with E-state index in [1.807, 2.05) is 36.5 Å². The van der Waals surface area contributed by atoms with E-state index in [-0.39, 0.29) is 19.0 Å². The van der Waals surface area contributed by atoms with Crippen LogP contribution in [0.15, 0.2) is 60.9 Å². The monoisotopic (exact) mass is 380 g/mol. The van der Waals surface area contributed by atoms with Crippen molar-refractivity contribution in [3.63, 3.8) is 0 Å². The van der Waals surface area contributed by atoms with E-state index in [9.17, 15) is 9.59 Å². The van der Waals surface area contributed by atoms with Crippen LogP contribution in [-0.2, 0) is 16.1 Å². The highest BCUT2D eigenvalue weighted by molar-refractivity contribution is 5.94. The fourth-order valence-electron chi connectivity index (χ4n) is 2.51. The predicted molar refractivity (Wildman–Crippen MR) is 102 cm³/mol. The van der Waals surface area contributed by atoms with Crippen molar-refractivity contribution in [1.29, 1.82) is 0 Å². The van der Waals surface area contributed by atoms with Crippen molar-refractivity contribution in [2.24, 2.45) is 0 Å². The van der Waals surface area contributed by atoms with Gasteiger partial charge in [0.25, 0.3) is 0 Å². The standard InChI is InChI=1S/C21H20N2O5/c1-15(24)17-6-9-19(20(12-17)26-2)27-14-21(25)28-13-16-4-7-18(8-5-16)23-11-3-10-22-23/h3-12H,13-14H2,1-2H3. The highest BCUT2D eigenvalue weighted by Gasteiger charge is 2.11. The third-order valence-corrected chi connectivity index (χ3v) is 4.02. The summed E-state index contributed by atoms with van der Waals surface area (Å²) in [5.41, 5.74) is 2.28. The summed E-state index contributed by atoms with van der Waals surface area (Å²) >= 11 is 0. The zero-order valence-corrected chi connectivity index (χ0v) is 15.6. The van der Waals surface area contributed by atoms with Gasteiger partial charge in [-0.25, -0.2) is 9.48 Å². The number of aromatic nitrogens is 2. The molecule has 0 fully saturated rings. The largest absolute Gasteiger partial charge is 0.493 e. The first kappa shape index (κ1) is 19.2. The lowest BCUT2D eigenvalue weighted by Gasteiger charge is -2.11. The van der Waals surface area contributed by atoms with Gasteiger partial charge in [-0.1, -0.05) is 12.1 Å². The number of ether oxygens (including phenoxy) is 3. The molecule has 0 N–H and O–H groups in total. The fourth-order valence-corrected chi connectivity index (χ4v) is 2.51. The van der Waals surface area contributed by atoms with Gasteiger partial charge in [0, 0.05) is 18.0 Å². The third kappa shape index (κ3) is 4.76. The minimum atomic E-state index is -0.506. The fraction of sp³-hybridized carbons (Fsp3) is 0.190.